The average molecular weight is 511 g/mol. The minimum absolute atomic E-state index is 0. The highest BCUT2D eigenvalue weighted by molar-refractivity contribution is 5.83. The van der Waals surface area contributed by atoms with Gasteiger partial charge in [0.2, 0.25) is 0 Å². The highest BCUT2D eigenvalue weighted by Crippen LogP contribution is 2.30. The Bertz CT molecular complexity index is 817. The number of carboxylic acid groups (broad SMARTS) is 2. The molecule has 0 amide bonds. The lowest BCUT2D eigenvalue weighted by molar-refractivity contribution is -0.165. The summed E-state index contributed by atoms with van der Waals surface area (Å²) in [5.41, 5.74) is 2.72. The Morgan fingerprint density at radius 1 is 0.806 bits per heavy atom. The second kappa shape index (κ2) is 16.6. The first-order valence-corrected chi connectivity index (χ1v) is 11.2. The molecule has 0 aromatic carbocycles. The van der Waals surface area contributed by atoms with Crippen molar-refractivity contribution in [3.05, 3.63) is 60.2 Å². The van der Waals surface area contributed by atoms with Crippen molar-refractivity contribution in [2.24, 2.45) is 0 Å². The molecule has 0 saturated carbocycles. The van der Waals surface area contributed by atoms with E-state index in [4.69, 9.17) is 20.4 Å². The summed E-state index contributed by atoms with van der Waals surface area (Å²) < 4.78 is 0. The number of hydrogen-bond donors (Lipinski definition) is 4. The Morgan fingerprint density at radius 2 is 1.17 bits per heavy atom. The summed E-state index contributed by atoms with van der Waals surface area (Å²) in [6, 6.07) is 9.58. The highest BCUT2D eigenvalue weighted by atomic mass is 16.4. The van der Waals surface area contributed by atoms with Crippen LogP contribution in [0.2, 0.25) is 0 Å². The molecule has 4 heterocycles. The summed E-state index contributed by atoms with van der Waals surface area (Å²) in [6.45, 7) is 2.44. The third kappa shape index (κ3) is 9.93. The second-order valence-electron chi connectivity index (χ2n) is 8.42. The maximum Gasteiger partial charge on any atom is 0.335 e. The van der Waals surface area contributed by atoms with Gasteiger partial charge in [-0.1, -0.05) is 12.1 Å². The average Bonchev–Trinajstić information content (AvgIpc) is 3.47. The molecule has 4 unspecified atom stereocenters. The van der Waals surface area contributed by atoms with Crippen LogP contribution < -0.4 is 0 Å². The van der Waals surface area contributed by atoms with Gasteiger partial charge >= 0.3 is 11.9 Å². The van der Waals surface area contributed by atoms with E-state index in [1.165, 1.54) is 49.9 Å². The normalized spacial score (nSPS) is 20.8. The van der Waals surface area contributed by atoms with Crippen LogP contribution >= 0.6 is 0 Å². The Balaban J connectivity index is 0.000000500. The zero-order valence-corrected chi connectivity index (χ0v) is 20.6. The van der Waals surface area contributed by atoms with Gasteiger partial charge in [0.25, 0.3) is 0 Å². The Morgan fingerprint density at radius 3 is 1.39 bits per heavy atom. The standard InChI is InChI=1S/2C10H14N2.C4H6O6.2H2O/c2*1-12-7-3-5-10(12)9-4-2-6-11-8-9;5-1(3(7)8)2(6)4(9)10;;/h2*2,4,6,8,10H,3,5,7H2,1H3;1-2,5-6H,(H,7,8)(H,9,10);2*1H2. The van der Waals surface area contributed by atoms with Gasteiger partial charge in [-0.25, -0.2) is 9.59 Å². The number of rotatable bonds is 5. The number of carbonyl (C=O) groups is 2. The number of aromatic nitrogens is 2. The van der Waals surface area contributed by atoms with Crippen LogP contribution in [-0.2, 0) is 9.59 Å². The highest BCUT2D eigenvalue weighted by Gasteiger charge is 2.29. The Kier molecular flexibility index (Phi) is 15.2. The zero-order chi connectivity index (χ0) is 25.1. The lowest BCUT2D eigenvalue weighted by Crippen LogP contribution is -2.39. The van der Waals surface area contributed by atoms with Crippen molar-refractivity contribution in [2.75, 3.05) is 27.2 Å². The molecule has 12 nitrogen and oxygen atoms in total. The van der Waals surface area contributed by atoms with Gasteiger partial charge in [-0.05, 0) is 76.1 Å². The number of pyridine rings is 2. The predicted molar refractivity (Wildman–Crippen MR) is 132 cm³/mol. The van der Waals surface area contributed by atoms with E-state index in [9.17, 15) is 9.59 Å². The largest absolute Gasteiger partial charge is 0.479 e. The number of carboxylic acids is 2. The molecule has 36 heavy (non-hydrogen) atoms. The molecule has 0 radical (unpaired) electrons. The van der Waals surface area contributed by atoms with E-state index in [1.54, 1.807) is 0 Å². The van der Waals surface area contributed by atoms with Gasteiger partial charge in [-0.2, -0.15) is 0 Å². The molecule has 4 atom stereocenters. The van der Waals surface area contributed by atoms with Gasteiger partial charge in [0.05, 0.1) is 0 Å². The predicted octanol–water partition coefficient (Wildman–Crippen LogP) is -0.0754. The van der Waals surface area contributed by atoms with Gasteiger partial charge in [0.15, 0.2) is 12.2 Å². The third-order valence-electron chi connectivity index (χ3n) is 5.98. The minimum Gasteiger partial charge on any atom is -0.479 e. The SMILES string of the molecule is CN1CCCC1c1cccnc1.CN1CCCC1c1cccnc1.O.O.O=C(O)C(O)C(O)C(=O)O. The Labute approximate surface area is 210 Å². The van der Waals surface area contributed by atoms with E-state index in [0.29, 0.717) is 12.1 Å². The summed E-state index contributed by atoms with van der Waals surface area (Å²) in [5, 5.41) is 32.5. The number of aliphatic carboxylic acids is 2. The molecule has 0 spiro atoms. The van der Waals surface area contributed by atoms with Crippen LogP contribution in [0.25, 0.3) is 0 Å². The maximum atomic E-state index is 9.77. The van der Waals surface area contributed by atoms with E-state index in [1.807, 2.05) is 36.9 Å². The van der Waals surface area contributed by atoms with E-state index in [0.717, 1.165) is 0 Å². The molecule has 0 aliphatic carbocycles. The van der Waals surface area contributed by atoms with Crippen LogP contribution in [0.4, 0.5) is 0 Å². The molecule has 2 saturated heterocycles. The monoisotopic (exact) mass is 510 g/mol. The molecule has 2 aromatic heterocycles. The first kappa shape index (κ1) is 33.0. The van der Waals surface area contributed by atoms with Crippen molar-refractivity contribution in [2.45, 2.75) is 50.0 Å². The number of nitrogens with zero attached hydrogens (tertiary/aromatic N) is 4. The van der Waals surface area contributed by atoms with Gasteiger partial charge < -0.3 is 31.4 Å². The summed E-state index contributed by atoms with van der Waals surface area (Å²) in [7, 11) is 4.37. The summed E-state index contributed by atoms with van der Waals surface area (Å²) >= 11 is 0. The first-order valence-electron chi connectivity index (χ1n) is 11.2. The van der Waals surface area contributed by atoms with Crippen LogP contribution in [0, 0.1) is 0 Å². The fourth-order valence-corrected chi connectivity index (χ4v) is 4.08. The van der Waals surface area contributed by atoms with Crippen molar-refractivity contribution >= 4 is 11.9 Å². The quantitative estimate of drug-likeness (QED) is 0.420. The van der Waals surface area contributed by atoms with E-state index >= 15 is 0 Å². The second-order valence-corrected chi connectivity index (χ2v) is 8.42. The zero-order valence-electron chi connectivity index (χ0n) is 20.6. The number of aliphatic hydroxyl groups excluding tert-OH is 2. The molecule has 12 heteroatoms. The molecule has 2 aliphatic heterocycles. The molecular weight excluding hydrogens is 472 g/mol. The van der Waals surface area contributed by atoms with Crippen LogP contribution in [0.1, 0.15) is 48.9 Å². The van der Waals surface area contributed by atoms with Crippen LogP contribution in [-0.4, -0.2) is 102 Å². The maximum absolute atomic E-state index is 9.77. The van der Waals surface area contributed by atoms with Gasteiger partial charge in [0, 0.05) is 36.9 Å². The summed E-state index contributed by atoms with van der Waals surface area (Å²) in [6.07, 6.45) is 8.28. The molecule has 0 bridgehead atoms. The fraction of sp³-hybridized carbons (Fsp3) is 0.500. The van der Waals surface area contributed by atoms with Crippen molar-refractivity contribution < 1.29 is 41.0 Å². The van der Waals surface area contributed by atoms with E-state index in [2.05, 4.69) is 46.0 Å². The van der Waals surface area contributed by atoms with Gasteiger partial charge in [0.1, 0.15) is 0 Å². The number of aliphatic hydroxyl groups is 2. The lowest BCUT2D eigenvalue weighted by Gasteiger charge is -2.18. The van der Waals surface area contributed by atoms with Crippen molar-refractivity contribution in [3.8, 4) is 0 Å². The van der Waals surface area contributed by atoms with Crippen LogP contribution in [0.3, 0.4) is 0 Å². The van der Waals surface area contributed by atoms with Gasteiger partial charge in [-0.3, -0.25) is 19.8 Å². The molecule has 2 aliphatic rings. The van der Waals surface area contributed by atoms with Crippen LogP contribution in [0.15, 0.2) is 49.1 Å². The summed E-state index contributed by atoms with van der Waals surface area (Å²) in [4.78, 5) is 32.6. The molecule has 2 aromatic rings. The number of hydrogen-bond acceptors (Lipinski definition) is 8. The fourth-order valence-electron chi connectivity index (χ4n) is 4.08. The third-order valence-corrected chi connectivity index (χ3v) is 5.98. The molecule has 2 fully saturated rings. The topological polar surface area (TPSA) is 210 Å². The minimum atomic E-state index is -2.27. The van der Waals surface area contributed by atoms with Crippen molar-refractivity contribution in [3.63, 3.8) is 0 Å². The van der Waals surface area contributed by atoms with Crippen LogP contribution in [0.5, 0.6) is 0 Å². The number of likely N-dealkylation sites (tertiary alicyclic amines) is 2. The van der Waals surface area contributed by atoms with E-state index in [-0.39, 0.29) is 11.0 Å². The van der Waals surface area contributed by atoms with Gasteiger partial charge in [-0.15, -0.1) is 0 Å². The molecular formula is C24H38N4O8. The summed E-state index contributed by atoms with van der Waals surface area (Å²) in [5.74, 6) is -3.54. The molecule has 8 N–H and O–H groups in total. The first-order chi connectivity index (χ1) is 16.2. The smallest absolute Gasteiger partial charge is 0.335 e. The lowest BCUT2D eigenvalue weighted by atomic mass is 10.1. The molecule has 4 rings (SSSR count). The van der Waals surface area contributed by atoms with Crippen molar-refractivity contribution in [1.82, 2.24) is 19.8 Å². The molecule has 202 valence electrons. The van der Waals surface area contributed by atoms with Crippen molar-refractivity contribution in [1.29, 1.82) is 0 Å². The Hall–Kier alpha value is -3.00. The van der Waals surface area contributed by atoms with E-state index < -0.39 is 24.1 Å².